The molecular formula is C15H24N2O2. The molecule has 2 N–H and O–H groups in total. The molecule has 0 fully saturated rings. The second-order valence-corrected chi connectivity index (χ2v) is 5.31. The molecule has 0 saturated heterocycles. The van der Waals surface area contributed by atoms with E-state index >= 15 is 0 Å². The predicted octanol–water partition coefficient (Wildman–Crippen LogP) is 2.66. The third-order valence-electron chi connectivity index (χ3n) is 2.32. The summed E-state index contributed by atoms with van der Waals surface area (Å²) < 4.78 is 5.64. The Balaban J connectivity index is 2.45. The first-order valence-electron chi connectivity index (χ1n) is 6.73. The average Bonchev–Trinajstić information content (AvgIpc) is 2.34. The molecule has 1 amide bonds. The molecule has 0 aliphatic carbocycles. The Morgan fingerprint density at radius 2 is 2.00 bits per heavy atom. The van der Waals surface area contributed by atoms with Crippen LogP contribution in [0, 0.1) is 5.92 Å². The quantitative estimate of drug-likeness (QED) is 0.796. The molecule has 0 saturated carbocycles. The lowest BCUT2D eigenvalue weighted by atomic mass is 10.2. The molecule has 106 valence electrons. The van der Waals surface area contributed by atoms with Gasteiger partial charge in [0, 0.05) is 17.8 Å². The van der Waals surface area contributed by atoms with E-state index in [4.69, 9.17) is 4.74 Å². The molecule has 4 heteroatoms. The first-order chi connectivity index (χ1) is 8.97. The minimum Gasteiger partial charge on any atom is -0.493 e. The number of hydrogen-bond donors (Lipinski definition) is 2. The van der Waals surface area contributed by atoms with E-state index in [0.29, 0.717) is 12.5 Å². The van der Waals surface area contributed by atoms with Gasteiger partial charge in [-0.25, -0.2) is 0 Å². The summed E-state index contributed by atoms with van der Waals surface area (Å²) in [4.78, 5) is 11.5. The third kappa shape index (κ3) is 6.70. The third-order valence-corrected chi connectivity index (χ3v) is 2.32. The molecule has 1 aromatic carbocycles. The number of benzene rings is 1. The van der Waals surface area contributed by atoms with Gasteiger partial charge < -0.3 is 15.4 Å². The van der Waals surface area contributed by atoms with Crippen molar-refractivity contribution in [3.63, 3.8) is 0 Å². The van der Waals surface area contributed by atoms with Crippen LogP contribution in [0.25, 0.3) is 0 Å². The maximum Gasteiger partial charge on any atom is 0.239 e. The van der Waals surface area contributed by atoms with Crippen molar-refractivity contribution in [1.29, 1.82) is 0 Å². The van der Waals surface area contributed by atoms with Gasteiger partial charge >= 0.3 is 0 Å². The van der Waals surface area contributed by atoms with E-state index in [1.165, 1.54) is 0 Å². The van der Waals surface area contributed by atoms with Gasteiger partial charge in [-0.1, -0.05) is 19.9 Å². The van der Waals surface area contributed by atoms with Crippen LogP contribution in [0.3, 0.4) is 0 Å². The van der Waals surface area contributed by atoms with Crippen LogP contribution in [0.5, 0.6) is 5.75 Å². The van der Waals surface area contributed by atoms with Gasteiger partial charge in [-0.3, -0.25) is 4.79 Å². The maximum atomic E-state index is 11.5. The van der Waals surface area contributed by atoms with E-state index in [1.807, 2.05) is 38.1 Å². The van der Waals surface area contributed by atoms with Crippen LogP contribution >= 0.6 is 0 Å². The van der Waals surface area contributed by atoms with E-state index in [9.17, 15) is 4.79 Å². The molecule has 19 heavy (non-hydrogen) atoms. The lowest BCUT2D eigenvalue weighted by Gasteiger charge is -2.12. The van der Waals surface area contributed by atoms with Crippen LogP contribution in [0.1, 0.15) is 27.7 Å². The molecule has 0 bridgehead atoms. The van der Waals surface area contributed by atoms with Crippen molar-refractivity contribution < 1.29 is 9.53 Å². The summed E-state index contributed by atoms with van der Waals surface area (Å²) in [6, 6.07) is 7.82. The summed E-state index contributed by atoms with van der Waals surface area (Å²) in [6.07, 6.45) is 0. The second-order valence-electron chi connectivity index (χ2n) is 5.31. The minimum atomic E-state index is -0.0106. The zero-order chi connectivity index (χ0) is 14.3. The van der Waals surface area contributed by atoms with Gasteiger partial charge in [0.2, 0.25) is 5.91 Å². The van der Waals surface area contributed by atoms with E-state index in [2.05, 4.69) is 24.5 Å². The molecule has 0 radical (unpaired) electrons. The first-order valence-corrected chi connectivity index (χ1v) is 6.73. The number of ether oxygens (including phenoxy) is 1. The first kappa shape index (κ1) is 15.3. The molecule has 1 aromatic rings. The molecule has 0 unspecified atom stereocenters. The molecule has 0 heterocycles. The van der Waals surface area contributed by atoms with Crippen LogP contribution in [-0.4, -0.2) is 25.1 Å². The van der Waals surface area contributed by atoms with Gasteiger partial charge in [0.1, 0.15) is 5.75 Å². The summed E-state index contributed by atoms with van der Waals surface area (Å²) in [5.41, 5.74) is 0.889. The normalized spacial score (nSPS) is 10.6. The summed E-state index contributed by atoms with van der Waals surface area (Å²) in [5, 5.41) is 5.92. The van der Waals surface area contributed by atoms with Gasteiger partial charge in [-0.05, 0) is 31.9 Å². The van der Waals surface area contributed by atoms with E-state index in [1.54, 1.807) is 0 Å². The predicted molar refractivity (Wildman–Crippen MR) is 78.5 cm³/mol. The van der Waals surface area contributed by atoms with Crippen molar-refractivity contribution in [2.75, 3.05) is 18.5 Å². The lowest BCUT2D eigenvalue weighted by molar-refractivity contribution is -0.119. The topological polar surface area (TPSA) is 50.4 Å². The van der Waals surface area contributed by atoms with Crippen molar-refractivity contribution >= 4 is 11.6 Å². The number of amides is 1. The maximum absolute atomic E-state index is 11.5. The monoisotopic (exact) mass is 264 g/mol. The van der Waals surface area contributed by atoms with Crippen molar-refractivity contribution in [1.82, 2.24) is 5.32 Å². The van der Waals surface area contributed by atoms with Crippen LogP contribution in [0.15, 0.2) is 24.3 Å². The molecular weight excluding hydrogens is 240 g/mol. The molecule has 0 aliphatic rings. The van der Waals surface area contributed by atoms with Gasteiger partial charge in [0.15, 0.2) is 0 Å². The fraction of sp³-hybridized carbons (Fsp3) is 0.533. The van der Waals surface area contributed by atoms with E-state index < -0.39 is 0 Å². The van der Waals surface area contributed by atoms with Crippen LogP contribution < -0.4 is 15.4 Å². The summed E-state index contributed by atoms with van der Waals surface area (Å²) >= 11 is 0. The number of rotatable bonds is 7. The largest absolute Gasteiger partial charge is 0.493 e. The number of anilines is 1. The zero-order valence-electron chi connectivity index (χ0n) is 12.2. The molecule has 0 spiro atoms. The standard InChI is InChI=1S/C15H24N2O2/c1-11(2)10-19-14-7-5-6-13(8-14)16-9-15(18)17-12(3)4/h5-8,11-12,16H,9-10H2,1-4H3,(H,17,18). The van der Waals surface area contributed by atoms with Crippen molar-refractivity contribution in [2.24, 2.45) is 5.92 Å². The highest BCUT2D eigenvalue weighted by Crippen LogP contribution is 2.17. The summed E-state index contributed by atoms with van der Waals surface area (Å²) in [7, 11) is 0. The fourth-order valence-electron chi connectivity index (χ4n) is 1.51. The Hall–Kier alpha value is -1.71. The van der Waals surface area contributed by atoms with Crippen molar-refractivity contribution in [2.45, 2.75) is 33.7 Å². The van der Waals surface area contributed by atoms with Crippen molar-refractivity contribution in [3.8, 4) is 5.75 Å². The number of hydrogen-bond acceptors (Lipinski definition) is 3. The van der Waals surface area contributed by atoms with Crippen molar-refractivity contribution in [3.05, 3.63) is 24.3 Å². The lowest BCUT2D eigenvalue weighted by Crippen LogP contribution is -2.34. The average molecular weight is 264 g/mol. The van der Waals surface area contributed by atoms with Gasteiger partial charge in [0.25, 0.3) is 0 Å². The second kappa shape index (κ2) is 7.67. The number of carbonyl (C=O) groups is 1. The van der Waals surface area contributed by atoms with Crippen LogP contribution in [0.4, 0.5) is 5.69 Å². The van der Waals surface area contributed by atoms with E-state index in [0.717, 1.165) is 11.4 Å². The highest BCUT2D eigenvalue weighted by atomic mass is 16.5. The Kier molecular flexibility index (Phi) is 6.19. The molecule has 0 atom stereocenters. The smallest absolute Gasteiger partial charge is 0.239 e. The Morgan fingerprint density at radius 3 is 2.63 bits per heavy atom. The van der Waals surface area contributed by atoms with Crippen LogP contribution in [-0.2, 0) is 4.79 Å². The van der Waals surface area contributed by atoms with E-state index in [-0.39, 0.29) is 18.5 Å². The SMILES string of the molecule is CC(C)COc1cccc(NCC(=O)NC(C)C)c1. The molecule has 1 rings (SSSR count). The van der Waals surface area contributed by atoms with Crippen LogP contribution in [0.2, 0.25) is 0 Å². The Bertz CT molecular complexity index is 403. The highest BCUT2D eigenvalue weighted by Gasteiger charge is 2.03. The summed E-state index contributed by atoms with van der Waals surface area (Å²) in [6.45, 7) is 9.07. The Labute approximate surface area is 115 Å². The number of nitrogens with one attached hydrogen (secondary N) is 2. The molecule has 0 aromatic heterocycles. The fourth-order valence-corrected chi connectivity index (χ4v) is 1.51. The molecule has 0 aliphatic heterocycles. The highest BCUT2D eigenvalue weighted by molar-refractivity contribution is 5.80. The Morgan fingerprint density at radius 1 is 1.26 bits per heavy atom. The summed E-state index contributed by atoms with van der Waals surface area (Å²) in [5.74, 6) is 1.31. The zero-order valence-corrected chi connectivity index (χ0v) is 12.2. The van der Waals surface area contributed by atoms with Gasteiger partial charge in [0.05, 0.1) is 13.2 Å². The van der Waals surface area contributed by atoms with Gasteiger partial charge in [-0.15, -0.1) is 0 Å². The number of carbonyl (C=O) groups excluding carboxylic acids is 1. The van der Waals surface area contributed by atoms with Gasteiger partial charge in [-0.2, -0.15) is 0 Å². The molecule has 4 nitrogen and oxygen atoms in total. The minimum absolute atomic E-state index is 0.0106.